The van der Waals surface area contributed by atoms with Gasteiger partial charge in [-0.05, 0) is 31.4 Å². The summed E-state index contributed by atoms with van der Waals surface area (Å²) in [6.07, 6.45) is 3.86. The molecular formula is C13H20N2O. The first kappa shape index (κ1) is 12.7. The zero-order chi connectivity index (χ0) is 11.6. The number of carbonyl (C=O) groups excluding carboxylic acids is 1. The molecule has 88 valence electrons. The number of unbranched alkanes of at least 4 members (excludes halogenated alkanes) is 1. The molecule has 16 heavy (non-hydrogen) atoms. The van der Waals surface area contributed by atoms with E-state index in [0.717, 1.165) is 19.4 Å². The second kappa shape index (κ2) is 7.88. The largest absolute Gasteiger partial charge is 0.370 e. The Morgan fingerprint density at radius 2 is 1.88 bits per heavy atom. The van der Waals surface area contributed by atoms with E-state index in [-0.39, 0.29) is 5.91 Å². The summed E-state index contributed by atoms with van der Waals surface area (Å²) in [5.41, 5.74) is 6.42. The topological polar surface area (TPSA) is 55.1 Å². The minimum absolute atomic E-state index is 0.239. The number of hydrogen-bond donors (Lipinski definition) is 2. The molecule has 1 amide bonds. The van der Waals surface area contributed by atoms with Crippen LogP contribution in [-0.2, 0) is 11.2 Å². The van der Waals surface area contributed by atoms with Gasteiger partial charge >= 0.3 is 0 Å². The molecule has 0 saturated carbocycles. The number of hydrogen-bond acceptors (Lipinski definition) is 2. The Kier molecular flexibility index (Phi) is 6.26. The third-order valence-electron chi connectivity index (χ3n) is 2.46. The third kappa shape index (κ3) is 6.19. The summed E-state index contributed by atoms with van der Waals surface area (Å²) < 4.78 is 0. The molecule has 0 aliphatic rings. The molecule has 0 radical (unpaired) electrons. The van der Waals surface area contributed by atoms with E-state index in [2.05, 4.69) is 29.6 Å². The van der Waals surface area contributed by atoms with Gasteiger partial charge in [0.25, 0.3) is 0 Å². The van der Waals surface area contributed by atoms with Crippen molar-refractivity contribution in [3.05, 3.63) is 35.9 Å². The van der Waals surface area contributed by atoms with Crippen LogP contribution in [0.15, 0.2) is 30.3 Å². The lowest BCUT2D eigenvalue weighted by Gasteiger charge is -2.03. The maximum atomic E-state index is 10.5. The quantitative estimate of drug-likeness (QED) is 0.652. The monoisotopic (exact) mass is 220 g/mol. The van der Waals surface area contributed by atoms with Gasteiger partial charge in [-0.1, -0.05) is 30.3 Å². The average molecular weight is 220 g/mol. The molecule has 1 aromatic carbocycles. The number of benzene rings is 1. The summed E-state index contributed by atoms with van der Waals surface area (Å²) in [6, 6.07) is 10.5. The summed E-state index contributed by atoms with van der Waals surface area (Å²) in [5.74, 6) is -0.239. The molecule has 0 aromatic heterocycles. The normalized spacial score (nSPS) is 10.2. The average Bonchev–Trinajstić information content (AvgIpc) is 2.29. The Hall–Kier alpha value is -1.35. The van der Waals surface area contributed by atoms with E-state index in [1.807, 2.05) is 6.07 Å². The molecule has 0 aliphatic carbocycles. The first-order valence-corrected chi connectivity index (χ1v) is 5.82. The Morgan fingerprint density at radius 1 is 1.12 bits per heavy atom. The highest BCUT2D eigenvalue weighted by molar-refractivity contribution is 5.73. The second-order valence-electron chi connectivity index (χ2n) is 3.91. The number of amides is 1. The van der Waals surface area contributed by atoms with E-state index in [0.29, 0.717) is 13.0 Å². The Balaban J connectivity index is 1.94. The minimum atomic E-state index is -0.239. The molecule has 0 saturated heterocycles. The summed E-state index contributed by atoms with van der Waals surface area (Å²) in [4.78, 5) is 10.5. The molecule has 3 nitrogen and oxygen atoms in total. The molecule has 3 N–H and O–H groups in total. The fraction of sp³-hybridized carbons (Fsp3) is 0.462. The van der Waals surface area contributed by atoms with Crippen molar-refractivity contribution < 1.29 is 4.79 Å². The van der Waals surface area contributed by atoms with Crippen LogP contribution in [0, 0.1) is 0 Å². The van der Waals surface area contributed by atoms with Crippen molar-refractivity contribution in [1.82, 2.24) is 5.32 Å². The van der Waals surface area contributed by atoms with Crippen LogP contribution in [0.2, 0.25) is 0 Å². The first-order chi connectivity index (χ1) is 7.79. The summed E-state index contributed by atoms with van der Waals surface area (Å²) in [6.45, 7) is 1.65. The van der Waals surface area contributed by atoms with Gasteiger partial charge < -0.3 is 11.1 Å². The number of nitrogens with two attached hydrogens (primary N) is 1. The van der Waals surface area contributed by atoms with Gasteiger partial charge in [0.15, 0.2) is 0 Å². The molecule has 0 aliphatic heterocycles. The Labute approximate surface area is 97.0 Å². The smallest absolute Gasteiger partial charge is 0.218 e. The Morgan fingerprint density at radius 3 is 2.56 bits per heavy atom. The van der Waals surface area contributed by atoms with Crippen LogP contribution in [0.5, 0.6) is 0 Å². The van der Waals surface area contributed by atoms with Crippen molar-refractivity contribution in [1.29, 1.82) is 0 Å². The fourth-order valence-electron chi connectivity index (χ4n) is 1.56. The zero-order valence-electron chi connectivity index (χ0n) is 9.61. The van der Waals surface area contributed by atoms with Crippen molar-refractivity contribution >= 4 is 5.91 Å². The van der Waals surface area contributed by atoms with Gasteiger partial charge in [-0.3, -0.25) is 4.79 Å². The van der Waals surface area contributed by atoms with E-state index in [1.54, 1.807) is 0 Å². The van der Waals surface area contributed by atoms with Crippen LogP contribution < -0.4 is 11.1 Å². The number of primary amides is 1. The number of rotatable bonds is 8. The minimum Gasteiger partial charge on any atom is -0.370 e. The lowest BCUT2D eigenvalue weighted by Crippen LogP contribution is -2.22. The molecule has 0 unspecified atom stereocenters. The number of carbonyl (C=O) groups is 1. The standard InChI is InChI=1S/C13H20N2O/c14-13(16)9-11-15-10-5-4-8-12-6-2-1-3-7-12/h1-3,6-7,15H,4-5,8-11H2,(H2,14,16). The summed E-state index contributed by atoms with van der Waals surface area (Å²) >= 11 is 0. The van der Waals surface area contributed by atoms with Gasteiger partial charge in [-0.15, -0.1) is 0 Å². The zero-order valence-corrected chi connectivity index (χ0v) is 9.61. The molecule has 0 atom stereocenters. The molecular weight excluding hydrogens is 200 g/mol. The second-order valence-corrected chi connectivity index (χ2v) is 3.91. The molecule has 0 fully saturated rings. The fourth-order valence-corrected chi connectivity index (χ4v) is 1.56. The van der Waals surface area contributed by atoms with Gasteiger partial charge in [-0.2, -0.15) is 0 Å². The molecule has 1 rings (SSSR count). The van der Waals surface area contributed by atoms with Crippen molar-refractivity contribution in [3.63, 3.8) is 0 Å². The van der Waals surface area contributed by atoms with E-state index >= 15 is 0 Å². The number of aryl methyl sites for hydroxylation is 1. The van der Waals surface area contributed by atoms with Crippen LogP contribution in [0.1, 0.15) is 24.8 Å². The summed E-state index contributed by atoms with van der Waals surface area (Å²) in [7, 11) is 0. The molecule has 0 heterocycles. The van der Waals surface area contributed by atoms with Crippen molar-refractivity contribution in [2.45, 2.75) is 25.7 Å². The Bertz CT molecular complexity index is 298. The van der Waals surface area contributed by atoms with E-state index in [4.69, 9.17) is 5.73 Å². The molecule has 0 spiro atoms. The van der Waals surface area contributed by atoms with Crippen LogP contribution in [0.4, 0.5) is 0 Å². The van der Waals surface area contributed by atoms with Crippen LogP contribution >= 0.6 is 0 Å². The van der Waals surface area contributed by atoms with Crippen molar-refractivity contribution in [2.24, 2.45) is 5.73 Å². The highest BCUT2D eigenvalue weighted by Gasteiger charge is 1.94. The van der Waals surface area contributed by atoms with Crippen molar-refractivity contribution in [3.8, 4) is 0 Å². The van der Waals surface area contributed by atoms with E-state index in [1.165, 1.54) is 12.0 Å². The predicted octanol–water partition coefficient (Wildman–Crippen LogP) is 1.47. The van der Waals surface area contributed by atoms with Crippen LogP contribution in [-0.4, -0.2) is 19.0 Å². The van der Waals surface area contributed by atoms with Gasteiger partial charge in [0, 0.05) is 13.0 Å². The van der Waals surface area contributed by atoms with E-state index in [9.17, 15) is 4.79 Å². The highest BCUT2D eigenvalue weighted by atomic mass is 16.1. The highest BCUT2D eigenvalue weighted by Crippen LogP contribution is 2.03. The van der Waals surface area contributed by atoms with Gasteiger partial charge in [-0.25, -0.2) is 0 Å². The summed E-state index contributed by atoms with van der Waals surface area (Å²) in [5, 5.41) is 3.20. The van der Waals surface area contributed by atoms with Crippen molar-refractivity contribution in [2.75, 3.05) is 13.1 Å². The predicted molar refractivity (Wildman–Crippen MR) is 66.1 cm³/mol. The number of nitrogens with one attached hydrogen (secondary N) is 1. The molecule has 3 heteroatoms. The molecule has 0 bridgehead atoms. The van der Waals surface area contributed by atoms with Crippen LogP contribution in [0.25, 0.3) is 0 Å². The third-order valence-corrected chi connectivity index (χ3v) is 2.46. The van der Waals surface area contributed by atoms with Gasteiger partial charge in [0.1, 0.15) is 0 Å². The first-order valence-electron chi connectivity index (χ1n) is 5.82. The van der Waals surface area contributed by atoms with Crippen LogP contribution in [0.3, 0.4) is 0 Å². The SMILES string of the molecule is NC(=O)CCNCCCCc1ccccc1. The van der Waals surface area contributed by atoms with Gasteiger partial charge in [0.2, 0.25) is 5.91 Å². The molecule has 1 aromatic rings. The maximum absolute atomic E-state index is 10.5. The lowest BCUT2D eigenvalue weighted by atomic mass is 10.1. The lowest BCUT2D eigenvalue weighted by molar-refractivity contribution is -0.117. The van der Waals surface area contributed by atoms with E-state index < -0.39 is 0 Å². The van der Waals surface area contributed by atoms with Gasteiger partial charge in [0.05, 0.1) is 0 Å². The maximum Gasteiger partial charge on any atom is 0.218 e.